The molecule has 0 unspecified atom stereocenters. The number of carbonyl (C=O) groups is 2. The Kier molecular flexibility index (Phi) is 6.98. The van der Waals surface area contributed by atoms with Gasteiger partial charge in [-0.05, 0) is 56.6 Å². The number of aromatic amines is 1. The number of ether oxygens (including phenoxy) is 1. The smallest absolute Gasteiger partial charge is 0.255 e. The summed E-state index contributed by atoms with van der Waals surface area (Å²) in [7, 11) is 0. The van der Waals surface area contributed by atoms with Crippen molar-refractivity contribution in [3.63, 3.8) is 0 Å². The van der Waals surface area contributed by atoms with Crippen molar-refractivity contribution in [2.45, 2.75) is 63.8 Å². The van der Waals surface area contributed by atoms with Crippen LogP contribution in [0.15, 0.2) is 35.3 Å². The molecule has 9 nitrogen and oxygen atoms in total. The predicted molar refractivity (Wildman–Crippen MR) is 135 cm³/mol. The number of aromatic nitrogens is 2. The molecule has 0 radical (unpaired) electrons. The van der Waals surface area contributed by atoms with Crippen molar-refractivity contribution in [2.75, 3.05) is 32.0 Å². The number of nitrogens with two attached hydrogens (primary N) is 1. The first kappa shape index (κ1) is 24.3. The van der Waals surface area contributed by atoms with Gasteiger partial charge in [0, 0.05) is 31.4 Å². The Morgan fingerprint density at radius 3 is 2.72 bits per heavy atom. The lowest BCUT2D eigenvalue weighted by molar-refractivity contribution is -0.150. The number of para-hydroxylation sites is 1. The van der Waals surface area contributed by atoms with Gasteiger partial charge in [0.2, 0.25) is 11.8 Å². The van der Waals surface area contributed by atoms with Crippen LogP contribution in [0.1, 0.15) is 56.1 Å². The average molecular weight is 494 g/mol. The zero-order chi connectivity index (χ0) is 25.1. The molecule has 9 heteroatoms. The lowest BCUT2D eigenvalue weighted by Crippen LogP contribution is -2.53. The second-order valence-electron chi connectivity index (χ2n) is 10.4. The van der Waals surface area contributed by atoms with E-state index < -0.39 is 5.41 Å². The highest BCUT2D eigenvalue weighted by Gasteiger charge is 2.46. The summed E-state index contributed by atoms with van der Waals surface area (Å²) in [6.45, 7) is 2.32. The molecule has 4 heterocycles. The molecule has 3 aliphatic heterocycles. The molecule has 1 aromatic heterocycles. The zero-order valence-electron chi connectivity index (χ0n) is 20.7. The van der Waals surface area contributed by atoms with E-state index in [2.05, 4.69) is 27.0 Å². The van der Waals surface area contributed by atoms with Crippen LogP contribution in [0.3, 0.4) is 0 Å². The monoisotopic (exact) mass is 493 g/mol. The van der Waals surface area contributed by atoms with Crippen LogP contribution in [-0.4, -0.2) is 63.9 Å². The lowest BCUT2D eigenvalue weighted by atomic mass is 9.72. The van der Waals surface area contributed by atoms with Crippen LogP contribution >= 0.6 is 0 Å². The van der Waals surface area contributed by atoms with E-state index in [-0.39, 0.29) is 35.8 Å². The molecule has 2 amide bonds. The van der Waals surface area contributed by atoms with Gasteiger partial charge in [0.05, 0.1) is 17.9 Å². The minimum absolute atomic E-state index is 0.0193. The van der Waals surface area contributed by atoms with Crippen molar-refractivity contribution in [1.82, 2.24) is 19.8 Å². The Balaban J connectivity index is 1.30. The van der Waals surface area contributed by atoms with Crippen molar-refractivity contribution < 1.29 is 14.3 Å². The maximum atomic E-state index is 14.0. The third-order valence-electron chi connectivity index (χ3n) is 8.15. The highest BCUT2D eigenvalue weighted by atomic mass is 16.5. The molecular weight excluding hydrogens is 458 g/mol. The topological polar surface area (TPSA) is 122 Å². The molecular formula is C27H35N5O4. The van der Waals surface area contributed by atoms with Gasteiger partial charge < -0.3 is 20.3 Å². The van der Waals surface area contributed by atoms with E-state index in [9.17, 15) is 14.4 Å². The molecule has 36 heavy (non-hydrogen) atoms. The van der Waals surface area contributed by atoms with Gasteiger partial charge in [-0.3, -0.25) is 19.4 Å². The number of rotatable bonds is 2. The Hall–Kier alpha value is -3.36. The Morgan fingerprint density at radius 1 is 1.11 bits per heavy atom. The summed E-state index contributed by atoms with van der Waals surface area (Å²) in [4.78, 5) is 49.3. The Bertz CT molecular complexity index is 1170. The fourth-order valence-corrected chi connectivity index (χ4v) is 5.99. The first-order chi connectivity index (χ1) is 17.4. The number of hydrogen-bond acceptors (Lipinski definition) is 6. The number of aryl methyl sites for hydroxylation is 1. The number of hydrogen-bond donors (Lipinski definition) is 2. The average Bonchev–Trinajstić information content (AvgIpc) is 3.35. The standard InChI is InChI=1S/C27H35N5O4/c28-26-29-17-20(24(34)30-26)16-23(33)31-14-11-27(12-15-31)10-4-3-7-19-6-1-2-9-22(19)36-18-21-8-5-13-32(21)25(27)35/h1-2,6,9,17,21H,3-5,7-8,10-16,18H2,(H3,28,29,30,34)/t21-/m0/s1. The number of carbonyl (C=O) groups excluding carboxylic acids is 2. The molecule has 192 valence electrons. The van der Waals surface area contributed by atoms with Gasteiger partial charge in [-0.1, -0.05) is 24.6 Å². The van der Waals surface area contributed by atoms with Gasteiger partial charge in [-0.2, -0.15) is 0 Å². The van der Waals surface area contributed by atoms with E-state index in [4.69, 9.17) is 10.5 Å². The second-order valence-corrected chi connectivity index (χ2v) is 10.4. The second kappa shape index (κ2) is 10.3. The van der Waals surface area contributed by atoms with E-state index >= 15 is 0 Å². The largest absolute Gasteiger partial charge is 0.491 e. The van der Waals surface area contributed by atoms with Crippen molar-refractivity contribution in [3.05, 3.63) is 51.9 Å². The van der Waals surface area contributed by atoms with Gasteiger partial charge in [-0.15, -0.1) is 0 Å². The number of likely N-dealkylation sites (tertiary alicyclic amines) is 1. The number of H-pyrrole nitrogens is 1. The van der Waals surface area contributed by atoms with E-state index in [1.54, 1.807) is 4.90 Å². The molecule has 3 N–H and O–H groups in total. The third kappa shape index (κ3) is 4.96. The highest BCUT2D eigenvalue weighted by Crippen LogP contribution is 2.41. The SMILES string of the molecule is Nc1ncc(CC(=O)N2CCC3(CCCCc4ccccc4OC[C@@H]4CCCN4C3=O)CC2)c(=O)[nH]1. The molecule has 1 aromatic carbocycles. The number of nitrogens with one attached hydrogen (secondary N) is 1. The molecule has 0 aliphatic carbocycles. The number of amides is 2. The molecule has 0 saturated carbocycles. The minimum atomic E-state index is -0.446. The van der Waals surface area contributed by atoms with E-state index in [0.29, 0.717) is 38.1 Å². The summed E-state index contributed by atoms with van der Waals surface area (Å²) in [6, 6.07) is 8.32. The van der Waals surface area contributed by atoms with Crippen LogP contribution in [0.4, 0.5) is 5.95 Å². The van der Waals surface area contributed by atoms with Crippen LogP contribution in [0.2, 0.25) is 0 Å². The fourth-order valence-electron chi connectivity index (χ4n) is 5.99. The van der Waals surface area contributed by atoms with Gasteiger partial charge in [0.1, 0.15) is 12.4 Å². The van der Waals surface area contributed by atoms with Crippen molar-refractivity contribution >= 4 is 17.8 Å². The number of anilines is 1. The van der Waals surface area contributed by atoms with Crippen LogP contribution < -0.4 is 16.0 Å². The summed E-state index contributed by atoms with van der Waals surface area (Å²) in [5.41, 5.74) is 6.21. The van der Waals surface area contributed by atoms with Gasteiger partial charge in [-0.25, -0.2) is 4.98 Å². The summed E-state index contributed by atoms with van der Waals surface area (Å²) in [5, 5.41) is 0. The molecule has 2 aromatic rings. The molecule has 1 spiro atoms. The molecule has 0 bridgehead atoms. The first-order valence-corrected chi connectivity index (χ1v) is 13.1. The van der Waals surface area contributed by atoms with E-state index in [1.807, 2.05) is 12.1 Å². The highest BCUT2D eigenvalue weighted by molar-refractivity contribution is 5.84. The van der Waals surface area contributed by atoms with E-state index in [1.165, 1.54) is 11.8 Å². The van der Waals surface area contributed by atoms with Crippen LogP contribution in [0, 0.1) is 5.41 Å². The fraction of sp³-hybridized carbons (Fsp3) is 0.556. The minimum Gasteiger partial charge on any atom is -0.491 e. The maximum Gasteiger partial charge on any atom is 0.255 e. The molecule has 2 fully saturated rings. The van der Waals surface area contributed by atoms with Gasteiger partial charge >= 0.3 is 0 Å². The normalized spacial score (nSPS) is 22.2. The number of benzene rings is 1. The summed E-state index contributed by atoms with van der Waals surface area (Å²) >= 11 is 0. The summed E-state index contributed by atoms with van der Waals surface area (Å²) < 4.78 is 6.23. The molecule has 2 saturated heterocycles. The third-order valence-corrected chi connectivity index (χ3v) is 8.15. The van der Waals surface area contributed by atoms with Crippen molar-refractivity contribution in [1.29, 1.82) is 0 Å². The molecule has 5 rings (SSSR count). The van der Waals surface area contributed by atoms with Crippen LogP contribution in [-0.2, 0) is 22.4 Å². The van der Waals surface area contributed by atoms with E-state index in [0.717, 1.165) is 50.8 Å². The number of nitrogen functional groups attached to an aromatic ring is 1. The maximum absolute atomic E-state index is 14.0. The number of nitrogens with zero attached hydrogens (tertiary/aromatic N) is 3. The molecule has 3 aliphatic rings. The number of piperidine rings is 1. The van der Waals surface area contributed by atoms with Crippen molar-refractivity contribution in [2.24, 2.45) is 5.41 Å². The Morgan fingerprint density at radius 2 is 1.92 bits per heavy atom. The summed E-state index contributed by atoms with van der Waals surface area (Å²) in [6.07, 6.45) is 8.31. The summed E-state index contributed by atoms with van der Waals surface area (Å²) in [5.74, 6) is 1.08. The van der Waals surface area contributed by atoms with Crippen LogP contribution in [0.25, 0.3) is 0 Å². The molecule has 1 atom stereocenters. The quantitative estimate of drug-likeness (QED) is 0.662. The zero-order valence-corrected chi connectivity index (χ0v) is 20.7. The first-order valence-electron chi connectivity index (χ1n) is 13.1. The Labute approximate surface area is 211 Å². The van der Waals surface area contributed by atoms with Crippen molar-refractivity contribution in [3.8, 4) is 5.75 Å². The van der Waals surface area contributed by atoms with Crippen LogP contribution in [0.5, 0.6) is 5.75 Å². The lowest BCUT2D eigenvalue weighted by Gasteiger charge is -2.44. The van der Waals surface area contributed by atoms with Gasteiger partial charge in [0.15, 0.2) is 5.95 Å². The predicted octanol–water partition coefficient (Wildman–Crippen LogP) is 2.30. The van der Waals surface area contributed by atoms with Gasteiger partial charge in [0.25, 0.3) is 5.56 Å². The number of fused-ring (bicyclic) bond motifs is 2.